The fraction of sp³-hybridized carbons (Fsp3) is 0.297. The van der Waals surface area contributed by atoms with E-state index in [-0.39, 0.29) is 46.0 Å². The minimum absolute atomic E-state index is 0.0454. The zero-order chi connectivity index (χ0) is 35.6. The molecule has 0 fully saturated rings. The molecule has 0 spiro atoms. The second kappa shape index (κ2) is 17.1. The van der Waals surface area contributed by atoms with Crippen molar-refractivity contribution in [1.29, 1.82) is 0 Å². The van der Waals surface area contributed by atoms with Crippen LogP contribution in [0.3, 0.4) is 0 Å². The van der Waals surface area contributed by atoms with Crippen LogP contribution in [0.25, 0.3) is 0 Å². The highest BCUT2D eigenvalue weighted by molar-refractivity contribution is 7.92. The Morgan fingerprint density at radius 3 is 2.14 bits per heavy atom. The molecule has 0 radical (unpaired) electrons. The zero-order valence-corrected chi connectivity index (χ0v) is 29.9. The fourth-order valence-corrected chi connectivity index (χ4v) is 6.97. The molecule has 0 bridgehead atoms. The molecule has 1 N–H and O–H groups in total. The Labute approximate surface area is 293 Å². The number of benzene rings is 4. The van der Waals surface area contributed by atoms with Crippen LogP contribution in [0.2, 0.25) is 5.02 Å². The first-order valence-electron chi connectivity index (χ1n) is 15.8. The summed E-state index contributed by atoms with van der Waals surface area (Å²) in [5, 5.41) is 3.18. The van der Waals surface area contributed by atoms with Crippen molar-refractivity contribution in [3.05, 3.63) is 113 Å². The molecule has 1 atom stereocenters. The van der Waals surface area contributed by atoms with E-state index in [0.717, 1.165) is 21.0 Å². The number of carbonyl (C=O) groups is 2. The van der Waals surface area contributed by atoms with E-state index in [1.54, 1.807) is 6.07 Å². The molecule has 0 aliphatic rings. The van der Waals surface area contributed by atoms with Gasteiger partial charge in [0.25, 0.3) is 10.0 Å². The van der Waals surface area contributed by atoms with Gasteiger partial charge in [-0.15, -0.1) is 0 Å². The monoisotopic (exact) mass is 707 g/mol. The van der Waals surface area contributed by atoms with Gasteiger partial charge in [-0.3, -0.25) is 13.9 Å². The third-order valence-corrected chi connectivity index (χ3v) is 10.0. The van der Waals surface area contributed by atoms with E-state index in [0.29, 0.717) is 18.7 Å². The minimum Gasteiger partial charge on any atom is -0.495 e. The van der Waals surface area contributed by atoms with Gasteiger partial charge in [-0.2, -0.15) is 0 Å². The smallest absolute Gasteiger partial charge is 0.265 e. The van der Waals surface area contributed by atoms with Gasteiger partial charge in [0.1, 0.15) is 18.3 Å². The quantitative estimate of drug-likeness (QED) is 0.151. The number of nitrogens with zero attached hydrogens (tertiary/aromatic N) is 2. The minimum atomic E-state index is -4.48. The molecule has 0 aliphatic heterocycles. The predicted octanol–water partition coefficient (Wildman–Crippen LogP) is 6.04. The molecule has 12 heteroatoms. The van der Waals surface area contributed by atoms with Crippen molar-refractivity contribution in [2.45, 2.75) is 44.2 Å². The molecule has 0 aromatic heterocycles. The van der Waals surface area contributed by atoms with Gasteiger partial charge < -0.3 is 24.4 Å². The SMILES string of the molecule is CCCNC(=O)C(Cc1ccccc1)N(Cc1ccccc1C)C(=O)CN(c1cc(Cl)ccc1OC)S(=O)(=O)c1ccc(OC)c(OC)c1. The summed E-state index contributed by atoms with van der Waals surface area (Å²) in [5.41, 5.74) is 2.61. The Morgan fingerprint density at radius 2 is 1.49 bits per heavy atom. The van der Waals surface area contributed by atoms with Crippen LogP contribution in [0.4, 0.5) is 5.69 Å². The summed E-state index contributed by atoms with van der Waals surface area (Å²) in [4.78, 5) is 29.9. The summed E-state index contributed by atoms with van der Waals surface area (Å²) < 4.78 is 46.4. The highest BCUT2D eigenvalue weighted by atomic mass is 35.5. The predicted molar refractivity (Wildman–Crippen MR) is 191 cm³/mol. The zero-order valence-electron chi connectivity index (χ0n) is 28.3. The van der Waals surface area contributed by atoms with E-state index in [1.807, 2.05) is 68.4 Å². The van der Waals surface area contributed by atoms with Gasteiger partial charge in [-0.1, -0.05) is 73.1 Å². The number of halogens is 1. The largest absolute Gasteiger partial charge is 0.495 e. The van der Waals surface area contributed by atoms with Crippen molar-refractivity contribution in [2.24, 2.45) is 0 Å². The number of aryl methyl sites for hydroxylation is 1. The number of rotatable bonds is 16. The number of nitrogens with one attached hydrogen (secondary N) is 1. The van der Waals surface area contributed by atoms with Crippen molar-refractivity contribution in [3.8, 4) is 17.2 Å². The Balaban J connectivity index is 1.88. The van der Waals surface area contributed by atoms with E-state index in [4.69, 9.17) is 25.8 Å². The molecule has 260 valence electrons. The standard InChI is InChI=1S/C37H42ClN3O7S/c1-6-20-39-37(43)32(21-27-13-8-7-9-14-27)40(24-28-15-11-10-12-26(28)2)36(42)25-41(31-22-29(38)16-18-33(31)46-3)49(44,45)30-17-19-34(47-4)35(23-30)48-5/h7-19,22-23,32H,6,20-21,24-25H2,1-5H3,(H,39,43). The van der Waals surface area contributed by atoms with Crippen molar-refractivity contribution in [3.63, 3.8) is 0 Å². The number of anilines is 1. The van der Waals surface area contributed by atoms with Crippen molar-refractivity contribution < 1.29 is 32.2 Å². The lowest BCUT2D eigenvalue weighted by Gasteiger charge is -2.34. The molecule has 4 aromatic carbocycles. The molecule has 0 saturated carbocycles. The van der Waals surface area contributed by atoms with Crippen LogP contribution in [-0.4, -0.2) is 65.6 Å². The van der Waals surface area contributed by atoms with Crippen LogP contribution in [-0.2, 0) is 32.6 Å². The lowest BCUT2D eigenvalue weighted by atomic mass is 10.0. The van der Waals surface area contributed by atoms with Gasteiger partial charge >= 0.3 is 0 Å². The normalized spacial score (nSPS) is 11.7. The first kappa shape index (κ1) is 37.1. The summed E-state index contributed by atoms with van der Waals surface area (Å²) >= 11 is 6.39. The number of methoxy groups -OCH3 is 3. The van der Waals surface area contributed by atoms with Crippen LogP contribution in [0.15, 0.2) is 95.9 Å². The van der Waals surface area contributed by atoms with Gasteiger partial charge in [-0.05, 0) is 60.4 Å². The number of hydrogen-bond acceptors (Lipinski definition) is 7. The molecule has 49 heavy (non-hydrogen) atoms. The van der Waals surface area contributed by atoms with Gasteiger partial charge in [0.15, 0.2) is 11.5 Å². The van der Waals surface area contributed by atoms with Crippen molar-refractivity contribution in [1.82, 2.24) is 10.2 Å². The second-order valence-corrected chi connectivity index (χ2v) is 13.6. The van der Waals surface area contributed by atoms with Crippen molar-refractivity contribution in [2.75, 3.05) is 38.7 Å². The summed E-state index contributed by atoms with van der Waals surface area (Å²) in [6, 6.07) is 24.7. The Kier molecular flexibility index (Phi) is 12.9. The Morgan fingerprint density at radius 1 is 0.837 bits per heavy atom. The van der Waals surface area contributed by atoms with Gasteiger partial charge in [0, 0.05) is 30.6 Å². The average molecular weight is 708 g/mol. The van der Waals surface area contributed by atoms with Gasteiger partial charge in [0.05, 0.1) is 31.9 Å². The molecule has 10 nitrogen and oxygen atoms in total. The number of carbonyl (C=O) groups excluding carboxylic acids is 2. The number of amides is 2. The van der Waals surface area contributed by atoms with E-state index in [9.17, 15) is 18.0 Å². The fourth-order valence-electron chi connectivity index (χ4n) is 5.37. The summed E-state index contributed by atoms with van der Waals surface area (Å²) in [5.74, 6) is -0.266. The molecule has 4 rings (SSSR count). The lowest BCUT2D eigenvalue weighted by molar-refractivity contribution is -0.140. The molecular weight excluding hydrogens is 666 g/mol. The summed E-state index contributed by atoms with van der Waals surface area (Å²) in [6.45, 7) is 3.66. The maximum atomic E-state index is 14.8. The first-order chi connectivity index (χ1) is 23.5. The van der Waals surface area contributed by atoms with E-state index >= 15 is 0 Å². The van der Waals surface area contributed by atoms with E-state index in [2.05, 4.69) is 5.32 Å². The Hall–Kier alpha value is -4.74. The molecule has 4 aromatic rings. The third-order valence-electron chi connectivity index (χ3n) is 8.05. The summed E-state index contributed by atoms with van der Waals surface area (Å²) in [6.07, 6.45) is 0.901. The van der Waals surface area contributed by atoms with Crippen LogP contribution in [0.5, 0.6) is 17.2 Å². The first-order valence-corrected chi connectivity index (χ1v) is 17.6. The van der Waals surface area contributed by atoms with Gasteiger partial charge in [-0.25, -0.2) is 8.42 Å². The maximum absolute atomic E-state index is 14.8. The number of ether oxygens (including phenoxy) is 3. The highest BCUT2D eigenvalue weighted by Crippen LogP contribution is 2.37. The van der Waals surface area contributed by atoms with Gasteiger partial charge in [0.2, 0.25) is 11.8 Å². The highest BCUT2D eigenvalue weighted by Gasteiger charge is 2.36. The molecule has 1 unspecified atom stereocenters. The molecular formula is C37H42ClN3O7S. The molecule has 0 heterocycles. The maximum Gasteiger partial charge on any atom is 0.265 e. The molecule has 2 amide bonds. The van der Waals surface area contributed by atoms with Crippen molar-refractivity contribution >= 4 is 39.1 Å². The van der Waals surface area contributed by atoms with E-state index in [1.165, 1.54) is 56.6 Å². The van der Waals surface area contributed by atoms with Crippen LogP contribution in [0, 0.1) is 6.92 Å². The topological polar surface area (TPSA) is 114 Å². The molecule has 0 aliphatic carbocycles. The Bertz CT molecular complexity index is 1850. The summed E-state index contributed by atoms with van der Waals surface area (Å²) in [7, 11) is -0.239. The lowest BCUT2D eigenvalue weighted by Crippen LogP contribution is -2.53. The average Bonchev–Trinajstić information content (AvgIpc) is 3.11. The van der Waals surface area contributed by atoms with E-state index < -0.39 is 28.5 Å². The van der Waals surface area contributed by atoms with Crippen LogP contribution in [0.1, 0.15) is 30.0 Å². The third kappa shape index (κ3) is 9.04. The molecule has 0 saturated heterocycles. The van der Waals surface area contributed by atoms with Crippen LogP contribution < -0.4 is 23.8 Å². The number of hydrogen-bond donors (Lipinski definition) is 1. The van der Waals surface area contributed by atoms with Crippen LogP contribution >= 0.6 is 11.6 Å². The second-order valence-electron chi connectivity index (χ2n) is 11.3. The number of sulfonamides is 1.